The van der Waals surface area contributed by atoms with Gasteiger partial charge in [-0.2, -0.15) is 0 Å². The van der Waals surface area contributed by atoms with Gasteiger partial charge in [0.1, 0.15) is 18.6 Å². The molecule has 0 aliphatic carbocycles. The van der Waals surface area contributed by atoms with E-state index in [1.54, 1.807) is 7.11 Å². The molecule has 3 rings (SSSR count). The van der Waals surface area contributed by atoms with Crippen LogP contribution in [-0.4, -0.2) is 16.7 Å². The predicted molar refractivity (Wildman–Crippen MR) is 73.9 cm³/mol. The summed E-state index contributed by atoms with van der Waals surface area (Å²) in [4.78, 5) is 4.69. The minimum Gasteiger partial charge on any atom is -0.497 e. The lowest BCUT2D eigenvalue weighted by Crippen LogP contribution is -2.25. The van der Waals surface area contributed by atoms with Crippen molar-refractivity contribution in [3.63, 3.8) is 0 Å². The highest BCUT2D eigenvalue weighted by atomic mass is 16.5. The third-order valence-corrected chi connectivity index (χ3v) is 3.32. The van der Waals surface area contributed by atoms with Crippen molar-refractivity contribution in [2.45, 2.75) is 0 Å². The Kier molecular flexibility index (Phi) is 2.71. The van der Waals surface area contributed by atoms with E-state index < -0.39 is 0 Å². The van der Waals surface area contributed by atoms with Crippen LogP contribution >= 0.6 is 0 Å². The molecule has 2 aromatic heterocycles. The third kappa shape index (κ3) is 1.95. The maximum absolute atomic E-state index is 5.24. The molecule has 96 valence electrons. The molecule has 0 atom stereocenters. The van der Waals surface area contributed by atoms with Gasteiger partial charge in [-0.05, 0) is 12.1 Å². The van der Waals surface area contributed by atoms with Crippen LogP contribution in [0.25, 0.3) is 22.4 Å². The van der Waals surface area contributed by atoms with Gasteiger partial charge in [0.05, 0.1) is 18.1 Å². The van der Waals surface area contributed by atoms with Gasteiger partial charge in [-0.15, -0.1) is 0 Å². The number of aromatic nitrogens is 3. The van der Waals surface area contributed by atoms with Gasteiger partial charge in [-0.3, -0.25) is 0 Å². The van der Waals surface area contributed by atoms with E-state index in [0.29, 0.717) is 0 Å². The smallest absolute Gasteiger partial charge is 0.169 e. The van der Waals surface area contributed by atoms with Crippen LogP contribution in [0.4, 0.5) is 0 Å². The summed E-state index contributed by atoms with van der Waals surface area (Å²) in [6.07, 6.45) is 4.05. The second-order valence-corrected chi connectivity index (χ2v) is 4.60. The van der Waals surface area contributed by atoms with Crippen LogP contribution < -0.4 is 9.30 Å². The minimum absolute atomic E-state index is 0.830. The number of fused-ring (bicyclic) bond motifs is 1. The van der Waals surface area contributed by atoms with Crippen molar-refractivity contribution in [3.05, 3.63) is 42.7 Å². The van der Waals surface area contributed by atoms with E-state index in [-0.39, 0.29) is 0 Å². The number of methoxy groups -OCH3 is 1. The zero-order chi connectivity index (χ0) is 13.4. The quantitative estimate of drug-likeness (QED) is 0.656. The van der Waals surface area contributed by atoms with Crippen LogP contribution in [0.2, 0.25) is 0 Å². The van der Waals surface area contributed by atoms with Crippen LogP contribution in [0, 0.1) is 0 Å². The van der Waals surface area contributed by atoms with Crippen LogP contribution in [0.15, 0.2) is 42.7 Å². The number of pyridine rings is 1. The number of rotatable bonds is 2. The second-order valence-electron chi connectivity index (χ2n) is 4.60. The normalized spacial score (nSPS) is 10.9. The second kappa shape index (κ2) is 4.39. The molecule has 2 heterocycles. The highest BCUT2D eigenvalue weighted by Crippen LogP contribution is 2.25. The van der Waals surface area contributed by atoms with Gasteiger partial charge < -0.3 is 9.30 Å². The summed E-state index contributed by atoms with van der Waals surface area (Å²) >= 11 is 0. The number of hydrogen-bond donors (Lipinski definition) is 0. The summed E-state index contributed by atoms with van der Waals surface area (Å²) in [7, 11) is 5.70. The number of benzene rings is 1. The molecule has 0 saturated carbocycles. The van der Waals surface area contributed by atoms with E-state index in [1.165, 1.54) is 0 Å². The monoisotopic (exact) mass is 254 g/mol. The van der Waals surface area contributed by atoms with Crippen molar-refractivity contribution in [1.82, 2.24) is 9.55 Å². The molecule has 0 unspecified atom stereocenters. The molecule has 0 amide bonds. The Morgan fingerprint density at radius 3 is 2.58 bits per heavy atom. The van der Waals surface area contributed by atoms with Crippen LogP contribution in [0.3, 0.4) is 0 Å². The zero-order valence-electron chi connectivity index (χ0n) is 11.3. The lowest BCUT2D eigenvalue weighted by molar-refractivity contribution is -0.671. The molecule has 4 nitrogen and oxygen atoms in total. The Balaban J connectivity index is 2.19. The maximum atomic E-state index is 5.24. The van der Waals surface area contributed by atoms with Gasteiger partial charge in [0, 0.05) is 30.8 Å². The summed E-state index contributed by atoms with van der Waals surface area (Å²) in [5.74, 6) is 1.79. The molecule has 19 heavy (non-hydrogen) atoms. The Bertz CT molecular complexity index is 729. The SMILES string of the molecule is COc1ccc2c(c1)nc(-c1cc[n+](C)cc1)n2C. The van der Waals surface area contributed by atoms with Crippen molar-refractivity contribution < 1.29 is 9.30 Å². The molecule has 0 fully saturated rings. The molecule has 0 aliphatic rings. The Hall–Kier alpha value is -2.36. The third-order valence-electron chi connectivity index (χ3n) is 3.32. The van der Waals surface area contributed by atoms with E-state index in [0.717, 1.165) is 28.2 Å². The number of imidazole rings is 1. The number of ether oxygens (including phenoxy) is 1. The number of nitrogens with zero attached hydrogens (tertiary/aromatic N) is 3. The standard InChI is InChI=1S/C15H16N3O/c1-17-8-6-11(7-9-17)15-16-13-10-12(19-3)4-5-14(13)18(15)2/h4-10H,1-3H3/q+1. The van der Waals surface area contributed by atoms with E-state index in [1.807, 2.05) is 49.3 Å². The fraction of sp³-hybridized carbons (Fsp3) is 0.200. The molecule has 0 bridgehead atoms. The molecule has 4 heteroatoms. The van der Waals surface area contributed by atoms with Gasteiger partial charge in [0.25, 0.3) is 0 Å². The molecule has 0 N–H and O–H groups in total. The van der Waals surface area contributed by atoms with Crippen molar-refractivity contribution in [2.24, 2.45) is 14.1 Å². The Morgan fingerprint density at radius 2 is 1.89 bits per heavy atom. The highest BCUT2D eigenvalue weighted by Gasteiger charge is 2.11. The van der Waals surface area contributed by atoms with Gasteiger partial charge in [0.2, 0.25) is 0 Å². The number of aryl methyl sites for hydroxylation is 2. The van der Waals surface area contributed by atoms with Crippen LogP contribution in [0.5, 0.6) is 5.75 Å². The van der Waals surface area contributed by atoms with Gasteiger partial charge in [-0.25, -0.2) is 9.55 Å². The molecule has 1 aromatic carbocycles. The predicted octanol–water partition coefficient (Wildman–Crippen LogP) is 2.07. The molecule has 0 aliphatic heterocycles. The van der Waals surface area contributed by atoms with Crippen molar-refractivity contribution in [3.8, 4) is 17.1 Å². The average Bonchev–Trinajstić information content (AvgIpc) is 2.76. The maximum Gasteiger partial charge on any atom is 0.169 e. The fourth-order valence-electron chi connectivity index (χ4n) is 2.21. The lowest BCUT2D eigenvalue weighted by Gasteiger charge is -2.01. The van der Waals surface area contributed by atoms with E-state index in [2.05, 4.69) is 16.7 Å². The molecule has 0 radical (unpaired) electrons. The Morgan fingerprint density at radius 1 is 1.16 bits per heavy atom. The first-order chi connectivity index (χ1) is 9.19. The minimum atomic E-state index is 0.830. The molecule has 0 spiro atoms. The van der Waals surface area contributed by atoms with E-state index in [9.17, 15) is 0 Å². The highest BCUT2D eigenvalue weighted by molar-refractivity contribution is 5.81. The summed E-state index contributed by atoms with van der Waals surface area (Å²) in [6.45, 7) is 0. The van der Waals surface area contributed by atoms with Gasteiger partial charge >= 0.3 is 0 Å². The van der Waals surface area contributed by atoms with Gasteiger partial charge in [-0.1, -0.05) is 0 Å². The first kappa shape index (κ1) is 11.7. The molecular formula is C15H16N3O+. The van der Waals surface area contributed by atoms with Crippen molar-refractivity contribution >= 4 is 11.0 Å². The van der Waals surface area contributed by atoms with Crippen molar-refractivity contribution in [2.75, 3.05) is 7.11 Å². The van der Waals surface area contributed by atoms with Gasteiger partial charge in [0.15, 0.2) is 12.4 Å². The summed E-state index contributed by atoms with van der Waals surface area (Å²) in [6, 6.07) is 10.1. The fourth-order valence-corrected chi connectivity index (χ4v) is 2.21. The zero-order valence-corrected chi connectivity index (χ0v) is 11.3. The number of hydrogen-bond acceptors (Lipinski definition) is 2. The van der Waals surface area contributed by atoms with Crippen LogP contribution in [0.1, 0.15) is 0 Å². The topological polar surface area (TPSA) is 30.9 Å². The first-order valence-electron chi connectivity index (χ1n) is 6.15. The van der Waals surface area contributed by atoms with Crippen molar-refractivity contribution in [1.29, 1.82) is 0 Å². The van der Waals surface area contributed by atoms with E-state index in [4.69, 9.17) is 9.72 Å². The first-order valence-corrected chi connectivity index (χ1v) is 6.15. The Labute approximate surface area is 111 Å². The molecular weight excluding hydrogens is 238 g/mol. The molecule has 0 saturated heterocycles. The lowest BCUT2D eigenvalue weighted by atomic mass is 10.2. The largest absolute Gasteiger partial charge is 0.497 e. The molecule has 3 aromatic rings. The summed E-state index contributed by atoms with van der Waals surface area (Å²) < 4.78 is 9.35. The summed E-state index contributed by atoms with van der Waals surface area (Å²) in [5.41, 5.74) is 3.16. The van der Waals surface area contributed by atoms with Crippen LogP contribution in [-0.2, 0) is 14.1 Å². The average molecular weight is 254 g/mol. The van der Waals surface area contributed by atoms with E-state index >= 15 is 0 Å². The summed E-state index contributed by atoms with van der Waals surface area (Å²) in [5, 5.41) is 0.